The van der Waals surface area contributed by atoms with Crippen LogP contribution in [-0.4, -0.2) is 13.1 Å². The van der Waals surface area contributed by atoms with Crippen LogP contribution >= 0.6 is 0 Å². The van der Waals surface area contributed by atoms with E-state index in [1.807, 2.05) is 0 Å². The van der Waals surface area contributed by atoms with Gasteiger partial charge in [-0.1, -0.05) is 24.3 Å². The van der Waals surface area contributed by atoms with Gasteiger partial charge in [-0.2, -0.15) is 0 Å². The van der Waals surface area contributed by atoms with Crippen LogP contribution in [0.1, 0.15) is 29.9 Å². The van der Waals surface area contributed by atoms with Crippen molar-refractivity contribution >= 4 is 0 Å². The Morgan fingerprint density at radius 2 is 2.07 bits per heavy atom. The molecule has 2 atom stereocenters. The Labute approximate surface area is 85.5 Å². The summed E-state index contributed by atoms with van der Waals surface area (Å²) in [6.07, 6.45) is 4.08. The predicted molar refractivity (Wildman–Crippen MR) is 58.5 cm³/mol. The van der Waals surface area contributed by atoms with E-state index in [9.17, 15) is 0 Å². The molecule has 74 valence electrons. The first kappa shape index (κ1) is 8.49. The Hall–Kier alpha value is -0.820. The normalized spacial score (nSPS) is 30.6. The second kappa shape index (κ2) is 3.39. The predicted octanol–water partition coefficient (Wildman–Crippen LogP) is 2.33. The van der Waals surface area contributed by atoms with Crippen molar-refractivity contribution in [2.24, 2.45) is 5.92 Å². The zero-order valence-corrected chi connectivity index (χ0v) is 8.50. The zero-order valence-electron chi connectivity index (χ0n) is 8.50. The molecule has 0 aromatic heterocycles. The molecule has 1 aromatic rings. The SMILES string of the molecule is c1ccc2c(c1)CC[C@H]1CCNC[C@H]21. The van der Waals surface area contributed by atoms with Gasteiger partial charge in [0, 0.05) is 6.54 Å². The van der Waals surface area contributed by atoms with E-state index in [0.29, 0.717) is 0 Å². The van der Waals surface area contributed by atoms with Gasteiger partial charge in [0.2, 0.25) is 0 Å². The highest BCUT2D eigenvalue weighted by Crippen LogP contribution is 2.38. The van der Waals surface area contributed by atoms with E-state index >= 15 is 0 Å². The van der Waals surface area contributed by atoms with Crippen molar-refractivity contribution in [1.82, 2.24) is 5.32 Å². The first-order chi connectivity index (χ1) is 6.95. The van der Waals surface area contributed by atoms with E-state index in [4.69, 9.17) is 0 Å². The fraction of sp³-hybridized carbons (Fsp3) is 0.538. The highest BCUT2D eigenvalue weighted by Gasteiger charge is 2.30. The summed E-state index contributed by atoms with van der Waals surface area (Å²) in [6, 6.07) is 9.00. The van der Waals surface area contributed by atoms with Crippen molar-refractivity contribution in [1.29, 1.82) is 0 Å². The summed E-state index contributed by atoms with van der Waals surface area (Å²) < 4.78 is 0. The van der Waals surface area contributed by atoms with Gasteiger partial charge in [0.15, 0.2) is 0 Å². The molecule has 1 heteroatoms. The highest BCUT2D eigenvalue weighted by molar-refractivity contribution is 5.34. The van der Waals surface area contributed by atoms with Crippen LogP contribution in [0.25, 0.3) is 0 Å². The van der Waals surface area contributed by atoms with Crippen LogP contribution < -0.4 is 5.32 Å². The first-order valence-corrected chi connectivity index (χ1v) is 5.73. The van der Waals surface area contributed by atoms with E-state index in [-0.39, 0.29) is 0 Å². The number of hydrogen-bond acceptors (Lipinski definition) is 1. The molecule has 0 radical (unpaired) electrons. The molecule has 1 aliphatic heterocycles. The maximum Gasteiger partial charge on any atom is 0.00229 e. The number of aryl methyl sites for hydroxylation is 1. The van der Waals surface area contributed by atoms with Crippen molar-refractivity contribution < 1.29 is 0 Å². The minimum Gasteiger partial charge on any atom is -0.316 e. The van der Waals surface area contributed by atoms with Crippen LogP contribution in [0.2, 0.25) is 0 Å². The molecule has 1 saturated heterocycles. The molecule has 0 saturated carbocycles. The van der Waals surface area contributed by atoms with E-state index in [0.717, 1.165) is 11.8 Å². The van der Waals surface area contributed by atoms with Crippen molar-refractivity contribution in [3.63, 3.8) is 0 Å². The molecular weight excluding hydrogens is 170 g/mol. The van der Waals surface area contributed by atoms with Gasteiger partial charge in [-0.25, -0.2) is 0 Å². The molecule has 0 spiro atoms. The zero-order chi connectivity index (χ0) is 9.38. The Kier molecular flexibility index (Phi) is 2.06. The third kappa shape index (κ3) is 1.27. The Morgan fingerprint density at radius 1 is 1.14 bits per heavy atom. The molecule has 0 amide bonds. The number of nitrogens with one attached hydrogen (secondary N) is 1. The molecular formula is C13H17N. The lowest BCUT2D eigenvalue weighted by Crippen LogP contribution is -2.37. The Morgan fingerprint density at radius 3 is 3.07 bits per heavy atom. The number of benzene rings is 1. The maximum absolute atomic E-state index is 3.52. The summed E-state index contributed by atoms with van der Waals surface area (Å²) in [4.78, 5) is 0. The molecule has 0 bridgehead atoms. The van der Waals surface area contributed by atoms with Gasteiger partial charge >= 0.3 is 0 Å². The smallest absolute Gasteiger partial charge is 0.00229 e. The summed E-state index contributed by atoms with van der Waals surface area (Å²) in [5.74, 6) is 1.75. The van der Waals surface area contributed by atoms with Crippen molar-refractivity contribution in [3.8, 4) is 0 Å². The van der Waals surface area contributed by atoms with Gasteiger partial charge in [0.1, 0.15) is 0 Å². The number of fused-ring (bicyclic) bond motifs is 3. The average Bonchev–Trinajstić information content (AvgIpc) is 2.29. The Bertz CT molecular complexity index is 332. The second-order valence-corrected chi connectivity index (χ2v) is 4.60. The molecule has 1 N–H and O–H groups in total. The largest absolute Gasteiger partial charge is 0.316 e. The summed E-state index contributed by atoms with van der Waals surface area (Å²) in [5.41, 5.74) is 3.22. The summed E-state index contributed by atoms with van der Waals surface area (Å²) in [7, 11) is 0. The lowest BCUT2D eigenvalue weighted by atomic mass is 9.72. The topological polar surface area (TPSA) is 12.0 Å². The third-order valence-corrected chi connectivity index (χ3v) is 3.86. The number of rotatable bonds is 0. The summed E-state index contributed by atoms with van der Waals surface area (Å²) >= 11 is 0. The van der Waals surface area contributed by atoms with E-state index in [1.54, 1.807) is 11.1 Å². The second-order valence-electron chi connectivity index (χ2n) is 4.60. The maximum atomic E-state index is 3.52. The molecule has 1 heterocycles. The minimum absolute atomic E-state index is 0.800. The molecule has 1 fully saturated rings. The lowest BCUT2D eigenvalue weighted by Gasteiger charge is -2.37. The summed E-state index contributed by atoms with van der Waals surface area (Å²) in [5, 5.41) is 3.52. The molecule has 2 aliphatic rings. The van der Waals surface area contributed by atoms with Crippen LogP contribution in [0.15, 0.2) is 24.3 Å². The molecule has 3 rings (SSSR count). The van der Waals surface area contributed by atoms with Gasteiger partial charge in [0.05, 0.1) is 0 Å². The third-order valence-electron chi connectivity index (χ3n) is 3.86. The fourth-order valence-corrected chi connectivity index (χ4v) is 3.09. The van der Waals surface area contributed by atoms with E-state index in [2.05, 4.69) is 29.6 Å². The average molecular weight is 187 g/mol. The summed E-state index contributed by atoms with van der Waals surface area (Å²) in [6.45, 7) is 2.42. The van der Waals surface area contributed by atoms with E-state index < -0.39 is 0 Å². The van der Waals surface area contributed by atoms with Crippen LogP contribution in [-0.2, 0) is 6.42 Å². The van der Waals surface area contributed by atoms with Crippen LogP contribution in [0.5, 0.6) is 0 Å². The van der Waals surface area contributed by atoms with Gasteiger partial charge in [0.25, 0.3) is 0 Å². The monoisotopic (exact) mass is 187 g/mol. The van der Waals surface area contributed by atoms with Crippen molar-refractivity contribution in [2.75, 3.05) is 13.1 Å². The quantitative estimate of drug-likeness (QED) is 0.657. The molecule has 14 heavy (non-hydrogen) atoms. The first-order valence-electron chi connectivity index (χ1n) is 5.73. The van der Waals surface area contributed by atoms with Gasteiger partial charge in [-0.3, -0.25) is 0 Å². The lowest BCUT2D eigenvalue weighted by molar-refractivity contribution is 0.291. The van der Waals surface area contributed by atoms with Gasteiger partial charge < -0.3 is 5.32 Å². The molecule has 1 nitrogen and oxygen atoms in total. The standard InChI is InChI=1S/C13H17N/c1-2-4-12-10(3-1)5-6-11-7-8-14-9-13(11)12/h1-4,11,13-14H,5-9H2/t11-,13-/m0/s1. The fourth-order valence-electron chi connectivity index (χ4n) is 3.09. The minimum atomic E-state index is 0.800. The van der Waals surface area contributed by atoms with Crippen LogP contribution in [0.4, 0.5) is 0 Å². The molecule has 1 aromatic carbocycles. The highest BCUT2D eigenvalue weighted by atomic mass is 14.9. The molecule has 0 unspecified atom stereocenters. The number of hydrogen-bond donors (Lipinski definition) is 1. The number of piperidine rings is 1. The van der Waals surface area contributed by atoms with Crippen molar-refractivity contribution in [2.45, 2.75) is 25.2 Å². The molecule has 1 aliphatic carbocycles. The van der Waals surface area contributed by atoms with E-state index in [1.165, 1.54) is 32.4 Å². The van der Waals surface area contributed by atoms with Gasteiger partial charge in [-0.05, 0) is 48.8 Å². The van der Waals surface area contributed by atoms with Crippen LogP contribution in [0, 0.1) is 5.92 Å². The Balaban J connectivity index is 1.99. The van der Waals surface area contributed by atoms with Crippen LogP contribution in [0.3, 0.4) is 0 Å². The van der Waals surface area contributed by atoms with Crippen molar-refractivity contribution in [3.05, 3.63) is 35.4 Å². The van der Waals surface area contributed by atoms with Gasteiger partial charge in [-0.15, -0.1) is 0 Å².